The second-order valence-electron chi connectivity index (χ2n) is 5.13. The number of hydrogen-bond acceptors (Lipinski definition) is 6. The van der Waals surface area contributed by atoms with Gasteiger partial charge in [-0.2, -0.15) is 11.8 Å². The van der Waals surface area contributed by atoms with E-state index in [2.05, 4.69) is 39.3 Å². The van der Waals surface area contributed by atoms with E-state index in [1.165, 1.54) is 18.6 Å². The number of nitrogens with zero attached hydrogens (tertiary/aromatic N) is 2. The van der Waals surface area contributed by atoms with Crippen LogP contribution < -0.4 is 10.6 Å². The lowest BCUT2D eigenvalue weighted by atomic mass is 10.2. The predicted octanol–water partition coefficient (Wildman–Crippen LogP) is 3.14. The van der Waals surface area contributed by atoms with E-state index in [9.17, 15) is 0 Å². The number of ether oxygens (including phenoxy) is 1. The van der Waals surface area contributed by atoms with Crippen LogP contribution in [0.1, 0.15) is 38.9 Å². The first-order chi connectivity index (χ1) is 10.3. The van der Waals surface area contributed by atoms with Gasteiger partial charge in [-0.05, 0) is 31.9 Å². The smallest absolute Gasteiger partial charge is 0.158 e. The molecule has 1 fully saturated rings. The first kappa shape index (κ1) is 16.4. The van der Waals surface area contributed by atoms with Gasteiger partial charge < -0.3 is 15.4 Å². The van der Waals surface area contributed by atoms with Crippen molar-refractivity contribution < 1.29 is 4.74 Å². The van der Waals surface area contributed by atoms with Crippen LogP contribution in [0.2, 0.25) is 0 Å². The SMILES string of the molecule is CCCNc1cc(NCC2CCCS2)nc(COCC)n1. The highest BCUT2D eigenvalue weighted by atomic mass is 32.2. The van der Waals surface area contributed by atoms with Gasteiger partial charge in [-0.15, -0.1) is 0 Å². The van der Waals surface area contributed by atoms with E-state index in [1.807, 2.05) is 13.0 Å². The minimum atomic E-state index is 0.463. The highest BCUT2D eigenvalue weighted by molar-refractivity contribution is 8.00. The van der Waals surface area contributed by atoms with Gasteiger partial charge in [-0.3, -0.25) is 0 Å². The molecule has 1 saturated heterocycles. The van der Waals surface area contributed by atoms with E-state index in [0.717, 1.165) is 37.0 Å². The van der Waals surface area contributed by atoms with Crippen LogP contribution >= 0.6 is 11.8 Å². The third-order valence-corrected chi connectivity index (χ3v) is 4.70. The van der Waals surface area contributed by atoms with E-state index >= 15 is 0 Å². The quantitative estimate of drug-likeness (QED) is 0.731. The molecule has 0 radical (unpaired) electrons. The summed E-state index contributed by atoms with van der Waals surface area (Å²) in [6.07, 6.45) is 3.71. The summed E-state index contributed by atoms with van der Waals surface area (Å²) in [6.45, 7) is 7.16. The Balaban J connectivity index is 1.98. The fourth-order valence-corrected chi connectivity index (χ4v) is 3.41. The Morgan fingerprint density at radius 3 is 2.76 bits per heavy atom. The number of hydrogen-bond donors (Lipinski definition) is 2. The zero-order valence-corrected chi connectivity index (χ0v) is 13.8. The molecule has 0 spiro atoms. The van der Waals surface area contributed by atoms with Crippen molar-refractivity contribution >= 4 is 23.4 Å². The second-order valence-corrected chi connectivity index (χ2v) is 6.54. The molecule has 6 heteroatoms. The Hall–Kier alpha value is -1.01. The summed E-state index contributed by atoms with van der Waals surface area (Å²) in [7, 11) is 0. The van der Waals surface area contributed by atoms with E-state index in [1.54, 1.807) is 0 Å². The van der Waals surface area contributed by atoms with Crippen molar-refractivity contribution in [2.24, 2.45) is 0 Å². The van der Waals surface area contributed by atoms with Gasteiger partial charge in [0.15, 0.2) is 5.82 Å². The molecular weight excluding hydrogens is 284 g/mol. The second kappa shape index (κ2) is 9.10. The van der Waals surface area contributed by atoms with Crippen molar-refractivity contribution in [3.63, 3.8) is 0 Å². The minimum absolute atomic E-state index is 0.463. The summed E-state index contributed by atoms with van der Waals surface area (Å²) in [6, 6.07) is 1.99. The maximum Gasteiger partial charge on any atom is 0.158 e. The van der Waals surface area contributed by atoms with Crippen LogP contribution in [0.3, 0.4) is 0 Å². The Labute approximate surface area is 131 Å². The summed E-state index contributed by atoms with van der Waals surface area (Å²) in [5.74, 6) is 3.79. The summed E-state index contributed by atoms with van der Waals surface area (Å²) in [5, 5.41) is 7.49. The van der Waals surface area contributed by atoms with Crippen molar-refractivity contribution in [2.75, 3.05) is 36.1 Å². The molecule has 5 nitrogen and oxygen atoms in total. The van der Waals surface area contributed by atoms with Crippen LogP contribution in [0, 0.1) is 0 Å². The van der Waals surface area contributed by atoms with Gasteiger partial charge >= 0.3 is 0 Å². The van der Waals surface area contributed by atoms with Crippen LogP contribution in [-0.4, -0.2) is 40.7 Å². The lowest BCUT2D eigenvalue weighted by Crippen LogP contribution is -2.16. The zero-order chi connectivity index (χ0) is 14.9. The minimum Gasteiger partial charge on any atom is -0.374 e. The van der Waals surface area contributed by atoms with Gasteiger partial charge in [-0.1, -0.05) is 6.92 Å². The van der Waals surface area contributed by atoms with Crippen LogP contribution in [0.4, 0.5) is 11.6 Å². The van der Waals surface area contributed by atoms with Crippen molar-refractivity contribution in [1.29, 1.82) is 0 Å². The van der Waals surface area contributed by atoms with Crippen molar-refractivity contribution in [3.05, 3.63) is 11.9 Å². The largest absolute Gasteiger partial charge is 0.374 e. The summed E-state index contributed by atoms with van der Waals surface area (Å²) in [5.41, 5.74) is 0. The summed E-state index contributed by atoms with van der Waals surface area (Å²) >= 11 is 2.05. The topological polar surface area (TPSA) is 59.1 Å². The number of thioether (sulfide) groups is 1. The Morgan fingerprint density at radius 1 is 1.29 bits per heavy atom. The number of nitrogens with one attached hydrogen (secondary N) is 2. The van der Waals surface area contributed by atoms with Crippen molar-refractivity contribution in [2.45, 2.75) is 45.0 Å². The molecule has 1 aromatic heterocycles. The molecule has 0 aliphatic carbocycles. The molecular formula is C15H26N4OS. The molecule has 0 saturated carbocycles. The fraction of sp³-hybridized carbons (Fsp3) is 0.733. The molecule has 2 rings (SSSR count). The fourth-order valence-electron chi connectivity index (χ4n) is 2.21. The van der Waals surface area contributed by atoms with Gasteiger partial charge in [0, 0.05) is 31.0 Å². The maximum absolute atomic E-state index is 5.43. The highest BCUT2D eigenvalue weighted by Gasteiger charge is 2.15. The Morgan fingerprint density at radius 2 is 2.10 bits per heavy atom. The van der Waals surface area contributed by atoms with E-state index < -0.39 is 0 Å². The number of rotatable bonds is 9. The lowest BCUT2D eigenvalue weighted by molar-refractivity contribution is 0.128. The molecule has 1 atom stereocenters. The molecule has 2 heterocycles. The van der Waals surface area contributed by atoms with Crippen LogP contribution in [-0.2, 0) is 11.3 Å². The molecule has 0 aromatic carbocycles. The average molecular weight is 310 g/mol. The predicted molar refractivity (Wildman–Crippen MR) is 90.1 cm³/mol. The van der Waals surface area contributed by atoms with Gasteiger partial charge in [-0.25, -0.2) is 9.97 Å². The Kier molecular flexibility index (Phi) is 7.09. The molecule has 1 unspecified atom stereocenters. The van der Waals surface area contributed by atoms with Crippen LogP contribution in [0.15, 0.2) is 6.07 Å². The summed E-state index contributed by atoms with van der Waals surface area (Å²) < 4.78 is 5.43. The van der Waals surface area contributed by atoms with Crippen molar-refractivity contribution in [1.82, 2.24) is 9.97 Å². The molecule has 21 heavy (non-hydrogen) atoms. The third-order valence-electron chi connectivity index (χ3n) is 3.30. The number of anilines is 2. The zero-order valence-electron chi connectivity index (χ0n) is 13.0. The van der Waals surface area contributed by atoms with Crippen LogP contribution in [0.25, 0.3) is 0 Å². The number of aromatic nitrogens is 2. The van der Waals surface area contributed by atoms with Gasteiger partial charge in [0.1, 0.15) is 18.2 Å². The maximum atomic E-state index is 5.43. The van der Waals surface area contributed by atoms with Gasteiger partial charge in [0.2, 0.25) is 0 Å². The first-order valence-corrected chi connectivity index (χ1v) is 8.91. The molecule has 1 aliphatic rings. The highest BCUT2D eigenvalue weighted by Crippen LogP contribution is 2.26. The Bertz CT molecular complexity index is 398. The van der Waals surface area contributed by atoms with E-state index in [0.29, 0.717) is 18.5 Å². The molecule has 1 aliphatic heterocycles. The van der Waals surface area contributed by atoms with Gasteiger partial charge in [0.25, 0.3) is 0 Å². The standard InChI is InChI=1S/C15H26N4OS/c1-3-7-16-13-9-14(17-10-12-6-5-8-21-12)19-15(18-13)11-20-4-2/h9,12H,3-8,10-11H2,1-2H3,(H2,16,17,18,19). The van der Waals surface area contributed by atoms with Crippen molar-refractivity contribution in [3.8, 4) is 0 Å². The molecule has 118 valence electrons. The van der Waals surface area contributed by atoms with E-state index in [-0.39, 0.29) is 0 Å². The van der Waals surface area contributed by atoms with E-state index in [4.69, 9.17) is 4.74 Å². The lowest BCUT2D eigenvalue weighted by Gasteiger charge is -2.13. The van der Waals surface area contributed by atoms with Gasteiger partial charge in [0.05, 0.1) is 0 Å². The molecule has 1 aromatic rings. The summed E-state index contributed by atoms with van der Waals surface area (Å²) in [4.78, 5) is 9.04. The molecule has 0 bridgehead atoms. The first-order valence-electron chi connectivity index (χ1n) is 7.86. The average Bonchev–Trinajstić information content (AvgIpc) is 3.02. The molecule has 2 N–H and O–H groups in total. The monoisotopic (exact) mass is 310 g/mol. The van der Waals surface area contributed by atoms with Crippen LogP contribution in [0.5, 0.6) is 0 Å². The third kappa shape index (κ3) is 5.71. The molecule has 0 amide bonds. The normalized spacial score (nSPS) is 17.9.